The number of para-hydroxylation sites is 2. The average molecular weight is 899 g/mol. The van der Waals surface area contributed by atoms with Crippen molar-refractivity contribution < 1.29 is 4.74 Å². The first-order valence-electron chi connectivity index (χ1n) is 24.1. The fourth-order valence-electron chi connectivity index (χ4n) is 10.2. The van der Waals surface area contributed by atoms with Crippen LogP contribution in [0.5, 0.6) is 11.5 Å². The Hall–Kier alpha value is -7.89. The van der Waals surface area contributed by atoms with Crippen molar-refractivity contribution in [3.63, 3.8) is 0 Å². The van der Waals surface area contributed by atoms with Crippen LogP contribution in [0.3, 0.4) is 0 Å². The Labute approximate surface area is 406 Å². The fraction of sp³-hybridized carbons (Fsp3) is 0.172. The molecule has 5 nitrogen and oxygen atoms in total. The van der Waals surface area contributed by atoms with E-state index in [4.69, 9.17) is 9.72 Å². The average Bonchev–Trinajstić information content (AvgIpc) is 3.93. The van der Waals surface area contributed by atoms with E-state index in [9.17, 15) is 0 Å². The third-order valence-corrected chi connectivity index (χ3v) is 14.5. The van der Waals surface area contributed by atoms with Crippen LogP contribution in [0.2, 0.25) is 0 Å². The van der Waals surface area contributed by atoms with Gasteiger partial charge in [0.25, 0.3) is 0 Å². The molecule has 0 amide bonds. The minimum atomic E-state index is -0.227. The van der Waals surface area contributed by atoms with Crippen LogP contribution in [0.1, 0.15) is 76.3 Å². The number of fused-ring (bicyclic) bond motifs is 4. The molecule has 0 radical (unpaired) electrons. The number of benzene rings is 8. The summed E-state index contributed by atoms with van der Waals surface area (Å²) in [6.45, 7) is 16.7. The number of aromatic nitrogens is 2. The predicted octanol–water partition coefficient (Wildman–Crippen LogP) is 16.8. The van der Waals surface area contributed by atoms with Gasteiger partial charge in [0.15, 0.2) is 0 Å². The lowest BCUT2D eigenvalue weighted by Crippen LogP contribution is -2.25. The van der Waals surface area contributed by atoms with Crippen LogP contribution < -0.4 is 14.5 Å². The Morgan fingerprint density at radius 2 is 0.986 bits per heavy atom. The standard InChI is InChI=1S/C64H58N4O/c1-62(2,3)48-30-32-55-56-33-31-54(42-60(56)68(59(55)39-48)61-40-49(34-35-65-61)63(4,5)46-22-13-9-14-23-46)69-53-27-19-26-51(41-53)66-43-67(58-29-18-17-28-57(58)66)52-37-45(44-20-11-8-12-21-44)36-50(38-52)64(6,7)47-24-15-10-16-25-47/h8-42H,43H2,1-7H3. The zero-order valence-corrected chi connectivity index (χ0v) is 40.6. The van der Waals surface area contributed by atoms with Crippen LogP contribution in [0.15, 0.2) is 212 Å². The molecule has 2 aromatic heterocycles. The lowest BCUT2D eigenvalue weighted by Gasteiger charge is -2.29. The van der Waals surface area contributed by atoms with E-state index < -0.39 is 0 Å². The van der Waals surface area contributed by atoms with Gasteiger partial charge in [0.1, 0.15) is 24.0 Å². The normalized spacial score (nSPS) is 13.0. The van der Waals surface area contributed by atoms with Crippen LogP contribution >= 0.6 is 0 Å². The molecule has 0 fully saturated rings. The molecule has 1 aliphatic heterocycles. The van der Waals surface area contributed by atoms with Crippen LogP contribution in [-0.2, 0) is 16.2 Å². The summed E-state index contributed by atoms with van der Waals surface area (Å²) in [5, 5.41) is 2.34. The van der Waals surface area contributed by atoms with E-state index in [1.807, 2.05) is 6.20 Å². The second-order valence-corrected chi connectivity index (χ2v) is 20.6. The van der Waals surface area contributed by atoms with Crippen molar-refractivity contribution in [1.82, 2.24) is 9.55 Å². The summed E-state index contributed by atoms with van der Waals surface area (Å²) in [7, 11) is 0. The van der Waals surface area contributed by atoms with Crippen molar-refractivity contribution in [1.29, 1.82) is 0 Å². The van der Waals surface area contributed by atoms with Gasteiger partial charge in [0, 0.05) is 51.3 Å². The molecule has 5 heteroatoms. The van der Waals surface area contributed by atoms with Crippen molar-refractivity contribution in [2.24, 2.45) is 0 Å². The van der Waals surface area contributed by atoms with Gasteiger partial charge in [-0.3, -0.25) is 4.57 Å². The molecule has 0 aliphatic carbocycles. The Kier molecular flexibility index (Phi) is 10.8. The summed E-state index contributed by atoms with van der Waals surface area (Å²) < 4.78 is 9.19. The van der Waals surface area contributed by atoms with Gasteiger partial charge in [-0.05, 0) is 111 Å². The number of nitrogens with zero attached hydrogens (tertiary/aromatic N) is 4. The third-order valence-electron chi connectivity index (χ3n) is 14.5. The minimum Gasteiger partial charge on any atom is -0.457 e. The second kappa shape index (κ2) is 17.0. The number of anilines is 4. The Morgan fingerprint density at radius 1 is 0.406 bits per heavy atom. The van der Waals surface area contributed by atoms with Gasteiger partial charge in [0.2, 0.25) is 0 Å². The number of hydrogen-bond acceptors (Lipinski definition) is 4. The van der Waals surface area contributed by atoms with E-state index in [1.54, 1.807) is 0 Å². The van der Waals surface area contributed by atoms with Gasteiger partial charge in [-0.15, -0.1) is 0 Å². The van der Waals surface area contributed by atoms with Gasteiger partial charge in [-0.25, -0.2) is 4.98 Å². The van der Waals surface area contributed by atoms with Crippen molar-refractivity contribution in [2.75, 3.05) is 16.5 Å². The number of ether oxygens (including phenoxy) is 1. The van der Waals surface area contributed by atoms with E-state index in [0.29, 0.717) is 6.67 Å². The molecule has 11 rings (SSSR count). The van der Waals surface area contributed by atoms with Crippen LogP contribution in [0.4, 0.5) is 22.7 Å². The monoisotopic (exact) mass is 898 g/mol. The highest BCUT2D eigenvalue weighted by Crippen LogP contribution is 2.47. The summed E-state index contributed by atoms with van der Waals surface area (Å²) in [4.78, 5) is 9.90. The summed E-state index contributed by atoms with van der Waals surface area (Å²) >= 11 is 0. The fourth-order valence-corrected chi connectivity index (χ4v) is 10.2. The van der Waals surface area contributed by atoms with Crippen LogP contribution in [-0.4, -0.2) is 16.2 Å². The lowest BCUT2D eigenvalue weighted by molar-refractivity contribution is 0.483. The van der Waals surface area contributed by atoms with Crippen molar-refractivity contribution >= 4 is 44.6 Å². The third kappa shape index (κ3) is 8.02. The molecule has 0 saturated carbocycles. The Morgan fingerprint density at radius 3 is 1.65 bits per heavy atom. The Balaban J connectivity index is 0.962. The van der Waals surface area contributed by atoms with E-state index in [0.717, 1.165) is 56.5 Å². The van der Waals surface area contributed by atoms with Gasteiger partial charge in [0.05, 0.1) is 22.4 Å². The molecule has 3 heterocycles. The minimum absolute atomic E-state index is 0.0271. The van der Waals surface area contributed by atoms with Gasteiger partial charge >= 0.3 is 0 Å². The van der Waals surface area contributed by atoms with E-state index in [2.05, 4.69) is 269 Å². The maximum absolute atomic E-state index is 6.87. The number of hydrogen-bond donors (Lipinski definition) is 0. The quantitative estimate of drug-likeness (QED) is 0.137. The van der Waals surface area contributed by atoms with Gasteiger partial charge in [-0.1, -0.05) is 176 Å². The van der Waals surface area contributed by atoms with E-state index in [-0.39, 0.29) is 16.2 Å². The molecule has 0 saturated heterocycles. The summed E-state index contributed by atoms with van der Waals surface area (Å²) in [5.41, 5.74) is 14.9. The highest BCUT2D eigenvalue weighted by molar-refractivity contribution is 6.09. The lowest BCUT2D eigenvalue weighted by atomic mass is 9.77. The molecule has 10 aromatic rings. The molecular weight excluding hydrogens is 841 g/mol. The smallest absolute Gasteiger partial charge is 0.137 e. The van der Waals surface area contributed by atoms with Crippen molar-refractivity contribution in [3.05, 3.63) is 240 Å². The van der Waals surface area contributed by atoms with Crippen molar-refractivity contribution in [2.45, 2.75) is 64.7 Å². The van der Waals surface area contributed by atoms with Gasteiger partial charge in [-0.2, -0.15) is 0 Å². The zero-order chi connectivity index (χ0) is 47.5. The SMILES string of the molecule is CC(C)(C)c1ccc2c3ccc(Oc4cccc(N5CN(c6cc(-c7ccccc7)cc(C(C)(C)c7ccccc7)c6)c6ccccc65)c4)cc3n(-c3cc(C(C)(C)c4ccccc4)ccn3)c2c1. The van der Waals surface area contributed by atoms with Crippen molar-refractivity contribution in [3.8, 4) is 28.4 Å². The molecule has 8 aromatic carbocycles. The van der Waals surface area contributed by atoms with Gasteiger partial charge < -0.3 is 14.5 Å². The first-order valence-corrected chi connectivity index (χ1v) is 24.1. The molecule has 1 aliphatic rings. The topological polar surface area (TPSA) is 33.5 Å². The number of pyridine rings is 1. The summed E-state index contributed by atoms with van der Waals surface area (Å²) in [5.74, 6) is 2.41. The molecule has 0 bridgehead atoms. The van der Waals surface area contributed by atoms with Crippen LogP contribution in [0.25, 0.3) is 38.8 Å². The molecule has 0 N–H and O–H groups in total. The maximum Gasteiger partial charge on any atom is 0.137 e. The highest BCUT2D eigenvalue weighted by atomic mass is 16.5. The largest absolute Gasteiger partial charge is 0.457 e. The molecule has 340 valence electrons. The van der Waals surface area contributed by atoms with E-state index >= 15 is 0 Å². The molecule has 0 spiro atoms. The predicted molar refractivity (Wildman–Crippen MR) is 288 cm³/mol. The molecule has 69 heavy (non-hydrogen) atoms. The summed E-state index contributed by atoms with van der Waals surface area (Å²) in [6, 6.07) is 74.4. The zero-order valence-electron chi connectivity index (χ0n) is 40.6. The molecular formula is C64H58N4O. The Bertz CT molecular complexity index is 3490. The first-order chi connectivity index (χ1) is 33.3. The molecule has 0 atom stereocenters. The maximum atomic E-state index is 6.87. The van der Waals surface area contributed by atoms with Crippen LogP contribution in [0, 0.1) is 0 Å². The first kappa shape index (κ1) is 43.7. The van der Waals surface area contributed by atoms with E-state index in [1.165, 1.54) is 44.3 Å². The number of rotatable bonds is 10. The summed E-state index contributed by atoms with van der Waals surface area (Å²) in [6.07, 6.45) is 1.95. The second-order valence-electron chi connectivity index (χ2n) is 20.6. The highest BCUT2D eigenvalue weighted by Gasteiger charge is 2.31. The molecule has 0 unspecified atom stereocenters.